The van der Waals surface area contributed by atoms with Crippen LogP contribution in [0.15, 0.2) is 42.5 Å². The van der Waals surface area contributed by atoms with Gasteiger partial charge < -0.3 is 9.84 Å². The number of rotatable bonds is 4. The number of aliphatic hydroxyl groups excluding tert-OH is 1. The lowest BCUT2D eigenvalue weighted by Gasteiger charge is -2.12. The summed E-state index contributed by atoms with van der Waals surface area (Å²) in [6, 6.07) is 13.7. The van der Waals surface area contributed by atoms with Crippen LogP contribution < -0.4 is 4.74 Å². The van der Waals surface area contributed by atoms with Crippen molar-refractivity contribution < 1.29 is 9.84 Å². The zero-order valence-electron chi connectivity index (χ0n) is 12.6. The van der Waals surface area contributed by atoms with Crippen LogP contribution in [-0.4, -0.2) is 5.11 Å². The minimum Gasteiger partial charge on any atom is -0.457 e. The highest BCUT2D eigenvalue weighted by molar-refractivity contribution is 5.39. The van der Waals surface area contributed by atoms with Crippen molar-refractivity contribution in [3.8, 4) is 11.5 Å². The van der Waals surface area contributed by atoms with Gasteiger partial charge in [0.25, 0.3) is 0 Å². The third kappa shape index (κ3) is 3.40. The molecule has 20 heavy (non-hydrogen) atoms. The van der Waals surface area contributed by atoms with Crippen molar-refractivity contribution in [2.75, 3.05) is 0 Å². The van der Waals surface area contributed by atoms with E-state index in [0.29, 0.717) is 5.92 Å². The van der Waals surface area contributed by atoms with E-state index in [4.69, 9.17) is 4.74 Å². The van der Waals surface area contributed by atoms with Gasteiger partial charge in [-0.25, -0.2) is 0 Å². The highest BCUT2D eigenvalue weighted by Gasteiger charge is 2.06. The molecule has 0 bridgehead atoms. The van der Waals surface area contributed by atoms with Crippen molar-refractivity contribution in [3.63, 3.8) is 0 Å². The Morgan fingerprint density at radius 2 is 1.50 bits per heavy atom. The topological polar surface area (TPSA) is 29.5 Å². The van der Waals surface area contributed by atoms with Crippen molar-refractivity contribution >= 4 is 0 Å². The molecular formula is C18H22O2. The predicted octanol–water partition coefficient (Wildman–Crippen LogP) is 4.96. The molecule has 2 nitrogen and oxygen atoms in total. The molecule has 0 spiro atoms. The second kappa shape index (κ2) is 6.10. The summed E-state index contributed by atoms with van der Waals surface area (Å²) in [4.78, 5) is 0. The molecule has 2 rings (SSSR count). The number of hydrogen-bond donors (Lipinski definition) is 1. The number of ether oxygens (including phenoxy) is 1. The molecule has 0 aliphatic carbocycles. The van der Waals surface area contributed by atoms with E-state index in [0.717, 1.165) is 17.1 Å². The van der Waals surface area contributed by atoms with Gasteiger partial charge in [0, 0.05) is 0 Å². The largest absolute Gasteiger partial charge is 0.457 e. The van der Waals surface area contributed by atoms with Crippen molar-refractivity contribution in [1.29, 1.82) is 0 Å². The number of aliphatic hydroxyl groups is 1. The van der Waals surface area contributed by atoms with Crippen LogP contribution in [0.3, 0.4) is 0 Å². The molecule has 0 amide bonds. The van der Waals surface area contributed by atoms with Crippen LogP contribution in [0.1, 0.15) is 49.5 Å². The first-order valence-electron chi connectivity index (χ1n) is 7.04. The smallest absolute Gasteiger partial charge is 0.127 e. The number of benzene rings is 2. The Bertz CT molecular complexity index is 568. The third-order valence-electron chi connectivity index (χ3n) is 3.46. The average Bonchev–Trinajstić information content (AvgIpc) is 2.39. The van der Waals surface area contributed by atoms with E-state index >= 15 is 0 Å². The predicted molar refractivity (Wildman–Crippen MR) is 82.4 cm³/mol. The summed E-state index contributed by atoms with van der Waals surface area (Å²) in [7, 11) is 0. The Morgan fingerprint density at radius 3 is 2.00 bits per heavy atom. The molecule has 0 fully saturated rings. The first-order valence-corrected chi connectivity index (χ1v) is 7.04. The zero-order chi connectivity index (χ0) is 14.7. The molecule has 1 atom stereocenters. The van der Waals surface area contributed by atoms with E-state index in [2.05, 4.69) is 32.9 Å². The molecule has 2 aromatic rings. The zero-order valence-corrected chi connectivity index (χ0v) is 12.6. The molecule has 0 saturated heterocycles. The molecule has 0 saturated carbocycles. The second-order valence-electron chi connectivity index (χ2n) is 5.52. The molecule has 1 N–H and O–H groups in total. The van der Waals surface area contributed by atoms with E-state index in [9.17, 15) is 5.11 Å². The summed E-state index contributed by atoms with van der Waals surface area (Å²) >= 11 is 0. The Kier molecular flexibility index (Phi) is 4.46. The summed E-state index contributed by atoms with van der Waals surface area (Å²) in [5.74, 6) is 2.15. The van der Waals surface area contributed by atoms with E-state index in [1.54, 1.807) is 6.92 Å². The van der Waals surface area contributed by atoms with Crippen molar-refractivity contribution in [2.45, 2.75) is 39.7 Å². The summed E-state index contributed by atoms with van der Waals surface area (Å²) in [5.41, 5.74) is 3.49. The van der Waals surface area contributed by atoms with E-state index in [1.807, 2.05) is 30.3 Å². The van der Waals surface area contributed by atoms with Gasteiger partial charge in [-0.15, -0.1) is 0 Å². The van der Waals surface area contributed by atoms with Crippen LogP contribution in [0.4, 0.5) is 0 Å². The van der Waals surface area contributed by atoms with Crippen LogP contribution in [0.2, 0.25) is 0 Å². The third-order valence-corrected chi connectivity index (χ3v) is 3.46. The molecule has 0 radical (unpaired) electrons. The summed E-state index contributed by atoms with van der Waals surface area (Å²) in [6.45, 7) is 8.25. The van der Waals surface area contributed by atoms with Crippen molar-refractivity contribution in [2.24, 2.45) is 0 Å². The van der Waals surface area contributed by atoms with Crippen LogP contribution >= 0.6 is 0 Å². The molecule has 0 aliphatic rings. The number of hydrogen-bond acceptors (Lipinski definition) is 2. The van der Waals surface area contributed by atoms with Crippen LogP contribution in [0, 0.1) is 6.92 Å². The Balaban J connectivity index is 2.15. The molecule has 106 valence electrons. The lowest BCUT2D eigenvalue weighted by atomic mass is 9.98. The molecular weight excluding hydrogens is 248 g/mol. The van der Waals surface area contributed by atoms with E-state index in [-0.39, 0.29) is 0 Å². The normalized spacial score (nSPS) is 12.5. The average molecular weight is 270 g/mol. The fourth-order valence-corrected chi connectivity index (χ4v) is 2.31. The molecule has 0 aliphatic heterocycles. The molecule has 0 aromatic heterocycles. The first-order chi connectivity index (χ1) is 9.47. The Labute approximate surface area is 121 Å². The molecule has 2 aromatic carbocycles. The van der Waals surface area contributed by atoms with E-state index < -0.39 is 6.10 Å². The van der Waals surface area contributed by atoms with Crippen LogP contribution in [0.5, 0.6) is 11.5 Å². The van der Waals surface area contributed by atoms with Gasteiger partial charge in [-0.3, -0.25) is 0 Å². The van der Waals surface area contributed by atoms with Crippen LogP contribution in [0.25, 0.3) is 0 Å². The Hall–Kier alpha value is -1.80. The molecule has 1 unspecified atom stereocenters. The lowest BCUT2D eigenvalue weighted by Crippen LogP contribution is -1.94. The maximum Gasteiger partial charge on any atom is 0.127 e. The van der Waals surface area contributed by atoms with E-state index in [1.165, 1.54) is 11.1 Å². The number of aryl methyl sites for hydroxylation is 1. The quantitative estimate of drug-likeness (QED) is 0.850. The Morgan fingerprint density at radius 1 is 0.900 bits per heavy atom. The lowest BCUT2D eigenvalue weighted by molar-refractivity contribution is 0.199. The summed E-state index contributed by atoms with van der Waals surface area (Å²) in [6.07, 6.45) is -0.448. The van der Waals surface area contributed by atoms with Gasteiger partial charge in [-0.05, 0) is 60.7 Å². The SMILES string of the molecule is Cc1cc(Oc2ccc(C(C)O)cc2)ccc1C(C)C. The van der Waals surface area contributed by atoms with Crippen LogP contribution in [-0.2, 0) is 0 Å². The minimum atomic E-state index is -0.448. The fourth-order valence-electron chi connectivity index (χ4n) is 2.31. The monoisotopic (exact) mass is 270 g/mol. The van der Waals surface area contributed by atoms with Gasteiger partial charge in [0.1, 0.15) is 11.5 Å². The minimum absolute atomic E-state index is 0.448. The van der Waals surface area contributed by atoms with Gasteiger partial charge in [0.15, 0.2) is 0 Å². The second-order valence-corrected chi connectivity index (χ2v) is 5.52. The molecule has 0 heterocycles. The van der Waals surface area contributed by atoms with Gasteiger partial charge >= 0.3 is 0 Å². The van der Waals surface area contributed by atoms with Gasteiger partial charge in [0.05, 0.1) is 6.10 Å². The highest BCUT2D eigenvalue weighted by atomic mass is 16.5. The van der Waals surface area contributed by atoms with Crippen molar-refractivity contribution in [1.82, 2.24) is 0 Å². The highest BCUT2D eigenvalue weighted by Crippen LogP contribution is 2.27. The van der Waals surface area contributed by atoms with Gasteiger partial charge in [-0.2, -0.15) is 0 Å². The maximum absolute atomic E-state index is 9.48. The van der Waals surface area contributed by atoms with Crippen molar-refractivity contribution in [3.05, 3.63) is 59.2 Å². The summed E-state index contributed by atoms with van der Waals surface area (Å²) in [5, 5.41) is 9.48. The molecule has 2 heteroatoms. The standard InChI is InChI=1S/C18H22O2/c1-12(2)18-10-9-17(11-13(18)3)20-16-7-5-15(6-8-16)14(4)19/h5-12,14,19H,1-4H3. The van der Waals surface area contributed by atoms with Gasteiger partial charge in [0.2, 0.25) is 0 Å². The first kappa shape index (κ1) is 14.6. The fraction of sp³-hybridized carbons (Fsp3) is 0.333. The maximum atomic E-state index is 9.48. The summed E-state index contributed by atoms with van der Waals surface area (Å²) < 4.78 is 5.85. The van der Waals surface area contributed by atoms with Gasteiger partial charge in [-0.1, -0.05) is 32.0 Å².